The number of hydrogen-bond donors (Lipinski definition) is 2. The van der Waals surface area contributed by atoms with Gasteiger partial charge >= 0.3 is 7.12 Å². The molecule has 0 saturated heterocycles. The molecule has 0 aliphatic heterocycles. The van der Waals surface area contributed by atoms with Gasteiger partial charge in [-0.2, -0.15) is 0 Å². The minimum Gasteiger partial charge on any atom is -0.495 e. The Morgan fingerprint density at radius 3 is 2.75 bits per heavy atom. The van der Waals surface area contributed by atoms with Gasteiger partial charge in [0.15, 0.2) is 0 Å². The van der Waals surface area contributed by atoms with Crippen molar-refractivity contribution < 1.29 is 14.8 Å². The van der Waals surface area contributed by atoms with E-state index in [2.05, 4.69) is 4.98 Å². The lowest BCUT2D eigenvalue weighted by molar-refractivity contribution is 0.400. The van der Waals surface area contributed by atoms with Crippen LogP contribution in [-0.4, -0.2) is 29.3 Å². The zero-order valence-electron chi connectivity index (χ0n) is 6.36. The molecule has 64 valence electrons. The fraction of sp³-hybridized carbons (Fsp3) is 0.167. The number of pyridine rings is 1. The van der Waals surface area contributed by atoms with E-state index in [9.17, 15) is 0 Å². The second kappa shape index (κ2) is 3.75. The third-order valence-corrected chi connectivity index (χ3v) is 1.52. The van der Waals surface area contributed by atoms with Crippen molar-refractivity contribution >= 4 is 24.3 Å². The van der Waals surface area contributed by atoms with Gasteiger partial charge in [-0.25, -0.2) is 0 Å². The Hall–Kier alpha value is -0.775. The van der Waals surface area contributed by atoms with Gasteiger partial charge in [0.2, 0.25) is 0 Å². The van der Waals surface area contributed by atoms with Crippen LogP contribution < -0.4 is 10.3 Å². The summed E-state index contributed by atoms with van der Waals surface area (Å²) in [6.07, 6.45) is 1.32. The predicted molar refractivity (Wildman–Crippen MR) is 45.6 cm³/mol. The number of methoxy groups -OCH3 is 1. The first-order valence-corrected chi connectivity index (χ1v) is 3.58. The molecule has 4 nitrogen and oxygen atoms in total. The molecule has 0 bridgehead atoms. The summed E-state index contributed by atoms with van der Waals surface area (Å²) in [6.45, 7) is 0. The molecule has 6 heteroatoms. The van der Waals surface area contributed by atoms with Gasteiger partial charge in [-0.3, -0.25) is 4.98 Å². The topological polar surface area (TPSA) is 62.6 Å². The molecule has 12 heavy (non-hydrogen) atoms. The average molecular weight is 187 g/mol. The Morgan fingerprint density at radius 1 is 1.58 bits per heavy atom. The summed E-state index contributed by atoms with van der Waals surface area (Å²) in [6, 6.07) is 1.46. The standard InChI is InChI=1S/C6H7BClNO3/c1-12-5-2-4(8)3-9-6(5)7(10)11/h2-3,10-11H,1H3. The smallest absolute Gasteiger partial charge is 0.495 e. The third kappa shape index (κ3) is 1.88. The molecule has 0 fully saturated rings. The van der Waals surface area contributed by atoms with E-state index in [1.165, 1.54) is 19.4 Å². The highest BCUT2D eigenvalue weighted by Gasteiger charge is 2.18. The van der Waals surface area contributed by atoms with Crippen molar-refractivity contribution in [2.45, 2.75) is 0 Å². The average Bonchev–Trinajstić information content (AvgIpc) is 2.03. The Balaban J connectivity index is 3.11. The van der Waals surface area contributed by atoms with Crippen molar-refractivity contribution in [3.63, 3.8) is 0 Å². The minimum absolute atomic E-state index is 0.0573. The lowest BCUT2D eigenvalue weighted by Crippen LogP contribution is -2.33. The summed E-state index contributed by atoms with van der Waals surface area (Å²) < 4.78 is 4.82. The largest absolute Gasteiger partial charge is 0.512 e. The second-order valence-electron chi connectivity index (χ2n) is 2.11. The van der Waals surface area contributed by atoms with E-state index in [0.29, 0.717) is 5.02 Å². The SMILES string of the molecule is COc1cc(Cl)cnc1B(O)O. The zero-order chi connectivity index (χ0) is 9.14. The number of nitrogens with zero attached hydrogens (tertiary/aromatic N) is 1. The fourth-order valence-corrected chi connectivity index (χ4v) is 0.937. The highest BCUT2D eigenvalue weighted by molar-refractivity contribution is 6.58. The van der Waals surface area contributed by atoms with Crippen molar-refractivity contribution in [3.05, 3.63) is 17.3 Å². The monoisotopic (exact) mass is 187 g/mol. The number of ether oxygens (including phenoxy) is 1. The Bertz CT molecular complexity index is 281. The lowest BCUT2D eigenvalue weighted by Gasteiger charge is -2.05. The molecular weight excluding hydrogens is 180 g/mol. The van der Waals surface area contributed by atoms with Crippen LogP contribution in [0.1, 0.15) is 0 Å². The van der Waals surface area contributed by atoms with E-state index in [1.54, 1.807) is 0 Å². The molecule has 0 radical (unpaired) electrons. The minimum atomic E-state index is -1.64. The highest BCUT2D eigenvalue weighted by Crippen LogP contribution is 2.12. The predicted octanol–water partition coefficient (Wildman–Crippen LogP) is -0.577. The van der Waals surface area contributed by atoms with E-state index in [1.807, 2.05) is 0 Å². The van der Waals surface area contributed by atoms with Gasteiger partial charge in [-0.1, -0.05) is 11.6 Å². The molecule has 2 N–H and O–H groups in total. The molecule has 1 aromatic heterocycles. The quantitative estimate of drug-likeness (QED) is 0.608. The van der Waals surface area contributed by atoms with Crippen LogP contribution in [0.3, 0.4) is 0 Å². The van der Waals surface area contributed by atoms with Gasteiger partial charge in [0, 0.05) is 12.3 Å². The van der Waals surface area contributed by atoms with Crippen LogP contribution >= 0.6 is 11.6 Å². The van der Waals surface area contributed by atoms with Crippen molar-refractivity contribution in [1.82, 2.24) is 4.98 Å². The van der Waals surface area contributed by atoms with Crippen LogP contribution in [0.15, 0.2) is 12.3 Å². The Labute approximate surface area is 74.9 Å². The molecular formula is C6H7BClNO3. The molecule has 0 aliphatic rings. The van der Waals surface area contributed by atoms with E-state index in [0.717, 1.165) is 0 Å². The summed E-state index contributed by atoms with van der Waals surface area (Å²) in [4.78, 5) is 3.69. The van der Waals surface area contributed by atoms with E-state index in [4.69, 9.17) is 26.4 Å². The summed E-state index contributed by atoms with van der Waals surface area (Å²) in [5, 5.41) is 18.0. The van der Waals surface area contributed by atoms with E-state index < -0.39 is 7.12 Å². The third-order valence-electron chi connectivity index (χ3n) is 1.31. The maximum absolute atomic E-state index is 8.80. The van der Waals surface area contributed by atoms with Crippen molar-refractivity contribution in [3.8, 4) is 5.75 Å². The molecule has 0 aromatic carbocycles. The molecule has 0 aliphatic carbocycles. The molecule has 1 heterocycles. The number of halogens is 1. The van der Waals surface area contributed by atoms with Crippen molar-refractivity contribution in [2.75, 3.05) is 7.11 Å². The summed E-state index contributed by atoms with van der Waals surface area (Å²) in [5.41, 5.74) is 0.0573. The molecule has 0 saturated carbocycles. The van der Waals surface area contributed by atoms with Gasteiger partial charge in [-0.05, 0) is 0 Å². The van der Waals surface area contributed by atoms with Gasteiger partial charge in [-0.15, -0.1) is 0 Å². The van der Waals surface area contributed by atoms with Crippen molar-refractivity contribution in [2.24, 2.45) is 0 Å². The van der Waals surface area contributed by atoms with E-state index in [-0.39, 0.29) is 11.3 Å². The fourth-order valence-electron chi connectivity index (χ4n) is 0.789. The van der Waals surface area contributed by atoms with Gasteiger partial charge in [0.1, 0.15) is 11.3 Å². The number of hydrogen-bond acceptors (Lipinski definition) is 4. The van der Waals surface area contributed by atoms with Gasteiger partial charge in [0.05, 0.1) is 12.1 Å². The molecule has 0 unspecified atom stereocenters. The normalized spacial score (nSPS) is 9.67. The van der Waals surface area contributed by atoms with Crippen molar-refractivity contribution in [1.29, 1.82) is 0 Å². The first-order valence-electron chi connectivity index (χ1n) is 3.20. The lowest BCUT2D eigenvalue weighted by atomic mass is 9.85. The molecule has 0 amide bonds. The van der Waals surface area contributed by atoms with Crippen LogP contribution in [0.4, 0.5) is 0 Å². The van der Waals surface area contributed by atoms with Crippen LogP contribution in [0.25, 0.3) is 0 Å². The second-order valence-corrected chi connectivity index (χ2v) is 2.55. The molecule has 1 rings (SSSR count). The highest BCUT2D eigenvalue weighted by atomic mass is 35.5. The Morgan fingerprint density at radius 2 is 2.25 bits per heavy atom. The van der Waals surface area contributed by atoms with Crippen LogP contribution in [0.5, 0.6) is 5.75 Å². The van der Waals surface area contributed by atoms with Crippen LogP contribution in [0.2, 0.25) is 5.02 Å². The summed E-state index contributed by atoms with van der Waals surface area (Å²) in [7, 11) is -0.239. The first-order chi connectivity index (χ1) is 5.65. The van der Waals surface area contributed by atoms with Gasteiger partial charge < -0.3 is 14.8 Å². The molecule has 0 spiro atoms. The van der Waals surface area contributed by atoms with Crippen LogP contribution in [0, 0.1) is 0 Å². The molecule has 1 aromatic rings. The summed E-state index contributed by atoms with van der Waals surface area (Å²) in [5.74, 6) is 0.262. The maximum Gasteiger partial charge on any atom is 0.512 e. The Kier molecular flexibility index (Phi) is 2.91. The number of aromatic nitrogens is 1. The first kappa shape index (κ1) is 9.31. The summed E-state index contributed by atoms with van der Waals surface area (Å²) >= 11 is 5.59. The molecule has 0 atom stereocenters. The zero-order valence-corrected chi connectivity index (χ0v) is 7.12. The van der Waals surface area contributed by atoms with Crippen LogP contribution in [-0.2, 0) is 0 Å². The number of rotatable bonds is 2. The van der Waals surface area contributed by atoms with Gasteiger partial charge in [0.25, 0.3) is 0 Å². The maximum atomic E-state index is 8.80. The van der Waals surface area contributed by atoms with E-state index >= 15 is 0 Å².